The maximum Gasteiger partial charge on any atom is 0.255 e. The average molecular weight is 317 g/mol. The molecule has 1 atom stereocenters. The van der Waals surface area contributed by atoms with Crippen molar-refractivity contribution >= 4 is 27.5 Å². The third kappa shape index (κ3) is 2.12. The molecule has 4 heteroatoms. The summed E-state index contributed by atoms with van der Waals surface area (Å²) in [6.07, 6.45) is 0. The van der Waals surface area contributed by atoms with E-state index in [0.717, 1.165) is 15.7 Å². The van der Waals surface area contributed by atoms with Crippen molar-refractivity contribution in [3.63, 3.8) is 0 Å². The van der Waals surface area contributed by atoms with Gasteiger partial charge in [0.2, 0.25) is 0 Å². The number of carbonyl (C=O) groups is 1. The minimum atomic E-state index is -0.591. The summed E-state index contributed by atoms with van der Waals surface area (Å²) in [5.74, 6) is -0.0558. The van der Waals surface area contributed by atoms with Crippen molar-refractivity contribution in [3.05, 3.63) is 64.1 Å². The SMILES string of the molecule is C[C@]1(c2ccc(Br)cc2)NC(=O)c2ccccc2N1. The Morgan fingerprint density at radius 1 is 1.00 bits per heavy atom. The van der Waals surface area contributed by atoms with Crippen LogP contribution >= 0.6 is 15.9 Å². The van der Waals surface area contributed by atoms with Crippen LogP contribution in [0.2, 0.25) is 0 Å². The average Bonchev–Trinajstić information content (AvgIpc) is 2.39. The Balaban J connectivity index is 2.04. The third-order valence-corrected chi connectivity index (χ3v) is 3.87. The highest BCUT2D eigenvalue weighted by atomic mass is 79.9. The maximum absolute atomic E-state index is 12.2. The number of hydrogen-bond acceptors (Lipinski definition) is 2. The molecule has 0 unspecified atom stereocenters. The van der Waals surface area contributed by atoms with Crippen LogP contribution in [-0.2, 0) is 5.66 Å². The Morgan fingerprint density at radius 3 is 2.42 bits per heavy atom. The summed E-state index contributed by atoms with van der Waals surface area (Å²) in [5.41, 5.74) is 1.96. The van der Waals surface area contributed by atoms with Gasteiger partial charge in [-0.3, -0.25) is 4.79 Å². The van der Waals surface area contributed by atoms with Crippen LogP contribution in [0.15, 0.2) is 53.0 Å². The van der Waals surface area contributed by atoms with E-state index in [2.05, 4.69) is 26.6 Å². The normalized spacial score (nSPS) is 21.3. The Morgan fingerprint density at radius 2 is 1.68 bits per heavy atom. The molecule has 0 bridgehead atoms. The van der Waals surface area contributed by atoms with Gasteiger partial charge in [0.1, 0.15) is 5.66 Å². The topological polar surface area (TPSA) is 41.1 Å². The monoisotopic (exact) mass is 316 g/mol. The van der Waals surface area contributed by atoms with E-state index in [1.807, 2.05) is 55.5 Å². The molecule has 2 aromatic carbocycles. The number of amides is 1. The van der Waals surface area contributed by atoms with Gasteiger partial charge in [0.15, 0.2) is 0 Å². The fourth-order valence-corrected chi connectivity index (χ4v) is 2.58. The standard InChI is InChI=1S/C15H13BrN2O/c1-15(10-6-8-11(16)9-7-10)17-13-5-3-2-4-12(13)14(19)18-15/h2-9,17H,1H3,(H,18,19)/t15-/m1/s1. The molecule has 1 aliphatic heterocycles. The molecular weight excluding hydrogens is 304 g/mol. The van der Waals surface area contributed by atoms with Crippen molar-refractivity contribution in [1.82, 2.24) is 5.32 Å². The second-order valence-electron chi connectivity index (χ2n) is 4.76. The predicted octanol–water partition coefficient (Wildman–Crippen LogP) is 3.48. The number of halogens is 1. The molecule has 1 aliphatic rings. The Kier molecular flexibility index (Phi) is 2.82. The summed E-state index contributed by atoms with van der Waals surface area (Å²) in [6.45, 7) is 1.96. The van der Waals surface area contributed by atoms with Crippen LogP contribution in [0, 0.1) is 0 Å². The molecule has 1 heterocycles. The number of benzene rings is 2. The molecule has 3 nitrogen and oxygen atoms in total. The maximum atomic E-state index is 12.2. The van der Waals surface area contributed by atoms with Crippen LogP contribution in [-0.4, -0.2) is 5.91 Å². The molecule has 0 saturated heterocycles. The van der Waals surface area contributed by atoms with Crippen molar-refractivity contribution in [2.24, 2.45) is 0 Å². The van der Waals surface area contributed by atoms with Crippen LogP contribution in [0.3, 0.4) is 0 Å². The Labute approximate surface area is 120 Å². The molecule has 0 spiro atoms. The number of rotatable bonds is 1. The fourth-order valence-electron chi connectivity index (χ4n) is 2.31. The highest BCUT2D eigenvalue weighted by molar-refractivity contribution is 9.10. The number of nitrogens with one attached hydrogen (secondary N) is 2. The van der Waals surface area contributed by atoms with Gasteiger partial charge in [-0.2, -0.15) is 0 Å². The van der Waals surface area contributed by atoms with E-state index in [4.69, 9.17) is 0 Å². The van der Waals surface area contributed by atoms with E-state index >= 15 is 0 Å². The fraction of sp³-hybridized carbons (Fsp3) is 0.133. The minimum Gasteiger partial charge on any atom is -0.359 e. The first-order valence-corrected chi connectivity index (χ1v) is 6.83. The first-order chi connectivity index (χ1) is 9.08. The quantitative estimate of drug-likeness (QED) is 0.845. The van der Waals surface area contributed by atoms with Crippen LogP contribution in [0.1, 0.15) is 22.8 Å². The predicted molar refractivity (Wildman–Crippen MR) is 79.0 cm³/mol. The molecule has 96 valence electrons. The number of para-hydroxylation sites is 1. The van der Waals surface area contributed by atoms with E-state index in [-0.39, 0.29) is 5.91 Å². The molecule has 0 aliphatic carbocycles. The minimum absolute atomic E-state index is 0.0558. The lowest BCUT2D eigenvalue weighted by atomic mass is 9.96. The highest BCUT2D eigenvalue weighted by Gasteiger charge is 2.34. The summed E-state index contributed by atoms with van der Waals surface area (Å²) < 4.78 is 1.02. The second kappa shape index (κ2) is 4.38. The van der Waals surface area contributed by atoms with Gasteiger partial charge in [0.05, 0.1) is 5.56 Å². The van der Waals surface area contributed by atoms with Crippen molar-refractivity contribution in [2.45, 2.75) is 12.6 Å². The van der Waals surface area contributed by atoms with Gasteiger partial charge >= 0.3 is 0 Å². The van der Waals surface area contributed by atoms with Gasteiger partial charge in [0.25, 0.3) is 5.91 Å². The summed E-state index contributed by atoms with van der Waals surface area (Å²) in [5, 5.41) is 6.41. The Bertz CT molecular complexity index is 639. The van der Waals surface area contributed by atoms with Crippen molar-refractivity contribution in [1.29, 1.82) is 0 Å². The van der Waals surface area contributed by atoms with E-state index in [1.165, 1.54) is 0 Å². The highest BCUT2D eigenvalue weighted by Crippen LogP contribution is 2.31. The molecule has 2 N–H and O–H groups in total. The number of fused-ring (bicyclic) bond motifs is 1. The van der Waals surface area contributed by atoms with Gasteiger partial charge in [0, 0.05) is 10.2 Å². The van der Waals surface area contributed by atoms with Crippen LogP contribution < -0.4 is 10.6 Å². The summed E-state index contributed by atoms with van der Waals surface area (Å²) >= 11 is 3.42. The first-order valence-electron chi connectivity index (χ1n) is 6.04. The molecule has 0 saturated carbocycles. The molecule has 0 fully saturated rings. The molecule has 0 radical (unpaired) electrons. The lowest BCUT2D eigenvalue weighted by Gasteiger charge is -2.38. The molecule has 1 amide bonds. The van der Waals surface area contributed by atoms with Crippen molar-refractivity contribution < 1.29 is 4.79 Å². The van der Waals surface area contributed by atoms with Crippen LogP contribution in [0.25, 0.3) is 0 Å². The van der Waals surface area contributed by atoms with E-state index in [1.54, 1.807) is 0 Å². The van der Waals surface area contributed by atoms with Gasteiger partial charge in [-0.05, 0) is 36.8 Å². The molecule has 19 heavy (non-hydrogen) atoms. The zero-order valence-corrected chi connectivity index (χ0v) is 12.0. The van der Waals surface area contributed by atoms with Gasteiger partial charge in [-0.25, -0.2) is 0 Å². The van der Waals surface area contributed by atoms with E-state index in [9.17, 15) is 4.79 Å². The largest absolute Gasteiger partial charge is 0.359 e. The van der Waals surface area contributed by atoms with Gasteiger partial charge < -0.3 is 10.6 Å². The number of anilines is 1. The van der Waals surface area contributed by atoms with Crippen LogP contribution in [0.5, 0.6) is 0 Å². The smallest absolute Gasteiger partial charge is 0.255 e. The van der Waals surface area contributed by atoms with Gasteiger partial charge in [-0.15, -0.1) is 0 Å². The zero-order valence-electron chi connectivity index (χ0n) is 10.4. The summed E-state index contributed by atoms with van der Waals surface area (Å²) in [6, 6.07) is 15.4. The third-order valence-electron chi connectivity index (χ3n) is 3.34. The zero-order chi connectivity index (χ0) is 13.5. The van der Waals surface area contributed by atoms with Gasteiger partial charge in [-0.1, -0.05) is 40.2 Å². The van der Waals surface area contributed by atoms with E-state index < -0.39 is 5.66 Å². The molecular formula is C15H13BrN2O. The van der Waals surface area contributed by atoms with Crippen LogP contribution in [0.4, 0.5) is 5.69 Å². The summed E-state index contributed by atoms with van der Waals surface area (Å²) in [4.78, 5) is 12.2. The molecule has 3 rings (SSSR count). The molecule has 2 aromatic rings. The molecule has 0 aromatic heterocycles. The lowest BCUT2D eigenvalue weighted by Crippen LogP contribution is -2.52. The number of carbonyl (C=O) groups excluding carboxylic acids is 1. The second-order valence-corrected chi connectivity index (χ2v) is 5.67. The summed E-state index contributed by atoms with van der Waals surface area (Å²) in [7, 11) is 0. The van der Waals surface area contributed by atoms with Crippen molar-refractivity contribution in [2.75, 3.05) is 5.32 Å². The first kappa shape index (κ1) is 12.2. The van der Waals surface area contributed by atoms with E-state index in [0.29, 0.717) is 5.56 Å². The van der Waals surface area contributed by atoms with Crippen molar-refractivity contribution in [3.8, 4) is 0 Å². The lowest BCUT2D eigenvalue weighted by molar-refractivity contribution is 0.0906. The number of hydrogen-bond donors (Lipinski definition) is 2. The Hall–Kier alpha value is -1.81.